The maximum Gasteiger partial charge on any atom is 0.0774 e. The zero-order valence-electron chi connectivity index (χ0n) is 12.1. The molecule has 1 atom stereocenters. The SMILES string of the molecule is CC(C)NCC1CCCN(CC2(O)CCCC2)C1. The number of piperidine rings is 1. The van der Waals surface area contributed by atoms with Crippen LogP contribution in [0.2, 0.25) is 0 Å². The van der Waals surface area contributed by atoms with Crippen LogP contribution in [-0.4, -0.2) is 47.8 Å². The van der Waals surface area contributed by atoms with Crippen LogP contribution in [0.3, 0.4) is 0 Å². The van der Waals surface area contributed by atoms with Crippen LogP contribution in [0.1, 0.15) is 52.4 Å². The Morgan fingerprint density at radius 2 is 2.00 bits per heavy atom. The molecule has 18 heavy (non-hydrogen) atoms. The van der Waals surface area contributed by atoms with Gasteiger partial charge in [-0.1, -0.05) is 26.7 Å². The molecule has 106 valence electrons. The molecular weight excluding hydrogens is 224 g/mol. The number of hydrogen-bond donors (Lipinski definition) is 2. The highest BCUT2D eigenvalue weighted by Crippen LogP contribution is 2.31. The van der Waals surface area contributed by atoms with Gasteiger partial charge in [-0.25, -0.2) is 0 Å². The van der Waals surface area contributed by atoms with E-state index in [1.54, 1.807) is 0 Å². The molecule has 0 radical (unpaired) electrons. The van der Waals surface area contributed by atoms with E-state index in [1.165, 1.54) is 38.8 Å². The first-order valence-corrected chi connectivity index (χ1v) is 7.75. The van der Waals surface area contributed by atoms with Gasteiger partial charge in [-0.15, -0.1) is 0 Å². The smallest absolute Gasteiger partial charge is 0.0774 e. The summed E-state index contributed by atoms with van der Waals surface area (Å²) >= 11 is 0. The predicted molar refractivity (Wildman–Crippen MR) is 75.7 cm³/mol. The lowest BCUT2D eigenvalue weighted by atomic mass is 9.94. The van der Waals surface area contributed by atoms with Crippen LogP contribution in [0.15, 0.2) is 0 Å². The quantitative estimate of drug-likeness (QED) is 0.788. The number of aliphatic hydroxyl groups is 1. The lowest BCUT2D eigenvalue weighted by Gasteiger charge is -2.37. The summed E-state index contributed by atoms with van der Waals surface area (Å²) in [5.41, 5.74) is -0.368. The van der Waals surface area contributed by atoms with Crippen molar-refractivity contribution in [1.29, 1.82) is 0 Å². The highest BCUT2D eigenvalue weighted by Gasteiger charge is 2.34. The Morgan fingerprint density at radius 1 is 1.28 bits per heavy atom. The van der Waals surface area contributed by atoms with Gasteiger partial charge in [0, 0.05) is 19.1 Å². The number of nitrogens with one attached hydrogen (secondary N) is 1. The molecule has 1 saturated heterocycles. The van der Waals surface area contributed by atoms with E-state index in [9.17, 15) is 5.11 Å². The molecule has 0 aromatic heterocycles. The maximum atomic E-state index is 10.5. The van der Waals surface area contributed by atoms with Gasteiger partial charge in [-0.05, 0) is 44.7 Å². The first-order valence-electron chi connectivity index (χ1n) is 7.75. The highest BCUT2D eigenvalue weighted by atomic mass is 16.3. The number of nitrogens with zero attached hydrogens (tertiary/aromatic N) is 1. The maximum absolute atomic E-state index is 10.5. The van der Waals surface area contributed by atoms with Crippen LogP contribution in [0.4, 0.5) is 0 Å². The van der Waals surface area contributed by atoms with Crippen LogP contribution < -0.4 is 5.32 Å². The average Bonchev–Trinajstić information content (AvgIpc) is 2.73. The zero-order chi connectivity index (χ0) is 13.0. The minimum Gasteiger partial charge on any atom is -0.389 e. The topological polar surface area (TPSA) is 35.5 Å². The molecule has 2 fully saturated rings. The molecule has 3 heteroatoms. The van der Waals surface area contributed by atoms with Crippen LogP contribution in [0.25, 0.3) is 0 Å². The summed E-state index contributed by atoms with van der Waals surface area (Å²) in [6.07, 6.45) is 7.08. The largest absolute Gasteiger partial charge is 0.389 e. The predicted octanol–water partition coefficient (Wildman–Crippen LogP) is 2.00. The van der Waals surface area contributed by atoms with Crippen molar-refractivity contribution >= 4 is 0 Å². The van der Waals surface area contributed by atoms with Gasteiger partial charge in [0.1, 0.15) is 0 Å². The molecule has 2 N–H and O–H groups in total. The van der Waals surface area contributed by atoms with E-state index >= 15 is 0 Å². The Labute approximate surface area is 112 Å². The average molecular weight is 254 g/mol. The van der Waals surface area contributed by atoms with E-state index in [4.69, 9.17) is 0 Å². The summed E-state index contributed by atoms with van der Waals surface area (Å²) < 4.78 is 0. The molecule has 1 heterocycles. The molecular formula is C15H30N2O. The van der Waals surface area contributed by atoms with Crippen molar-refractivity contribution < 1.29 is 5.11 Å². The molecule has 0 bridgehead atoms. The molecule has 1 unspecified atom stereocenters. The number of likely N-dealkylation sites (tertiary alicyclic amines) is 1. The van der Waals surface area contributed by atoms with Gasteiger partial charge in [-0.2, -0.15) is 0 Å². The molecule has 2 aliphatic rings. The first kappa shape index (κ1) is 14.3. The number of hydrogen-bond acceptors (Lipinski definition) is 3. The van der Waals surface area contributed by atoms with E-state index < -0.39 is 0 Å². The van der Waals surface area contributed by atoms with Gasteiger partial charge in [0.15, 0.2) is 0 Å². The van der Waals surface area contributed by atoms with Crippen LogP contribution >= 0.6 is 0 Å². The third-order valence-electron chi connectivity index (χ3n) is 4.47. The van der Waals surface area contributed by atoms with E-state index in [0.29, 0.717) is 6.04 Å². The minimum absolute atomic E-state index is 0.368. The Hall–Kier alpha value is -0.120. The Morgan fingerprint density at radius 3 is 2.67 bits per heavy atom. The first-order chi connectivity index (χ1) is 8.57. The van der Waals surface area contributed by atoms with Crippen LogP contribution in [0.5, 0.6) is 0 Å². The molecule has 3 nitrogen and oxygen atoms in total. The van der Waals surface area contributed by atoms with Gasteiger partial charge in [-0.3, -0.25) is 0 Å². The van der Waals surface area contributed by atoms with E-state index in [-0.39, 0.29) is 5.60 Å². The van der Waals surface area contributed by atoms with Crippen molar-refractivity contribution in [2.45, 2.75) is 64.0 Å². The summed E-state index contributed by atoms with van der Waals surface area (Å²) in [4.78, 5) is 2.50. The fourth-order valence-electron chi connectivity index (χ4n) is 3.47. The van der Waals surface area contributed by atoms with Crippen molar-refractivity contribution in [3.8, 4) is 0 Å². The van der Waals surface area contributed by atoms with Crippen LogP contribution in [0, 0.1) is 5.92 Å². The summed E-state index contributed by atoms with van der Waals surface area (Å²) in [5, 5.41) is 14.0. The lowest BCUT2D eigenvalue weighted by molar-refractivity contribution is -0.00220. The lowest BCUT2D eigenvalue weighted by Crippen LogP contribution is -2.47. The fourth-order valence-corrected chi connectivity index (χ4v) is 3.47. The second kappa shape index (κ2) is 6.36. The van der Waals surface area contributed by atoms with Crippen molar-refractivity contribution in [2.75, 3.05) is 26.2 Å². The third-order valence-corrected chi connectivity index (χ3v) is 4.47. The second-order valence-electron chi connectivity index (χ2n) is 6.74. The van der Waals surface area contributed by atoms with Crippen molar-refractivity contribution in [3.05, 3.63) is 0 Å². The Bertz CT molecular complexity index is 249. The summed E-state index contributed by atoms with van der Waals surface area (Å²) in [7, 11) is 0. The number of β-amino-alcohol motifs (C(OH)–C–C–N with tert-alkyl or cyclic N) is 1. The van der Waals surface area contributed by atoms with E-state index in [2.05, 4.69) is 24.1 Å². The van der Waals surface area contributed by atoms with E-state index in [0.717, 1.165) is 31.8 Å². The van der Waals surface area contributed by atoms with Gasteiger partial charge >= 0.3 is 0 Å². The second-order valence-corrected chi connectivity index (χ2v) is 6.74. The fraction of sp³-hybridized carbons (Fsp3) is 1.00. The van der Waals surface area contributed by atoms with Crippen LogP contribution in [-0.2, 0) is 0 Å². The van der Waals surface area contributed by atoms with E-state index in [1.807, 2.05) is 0 Å². The third kappa shape index (κ3) is 4.22. The number of rotatable bonds is 5. The minimum atomic E-state index is -0.368. The zero-order valence-corrected chi connectivity index (χ0v) is 12.1. The standard InChI is InChI=1S/C15H30N2O/c1-13(2)16-10-14-6-5-9-17(11-14)12-15(18)7-3-4-8-15/h13-14,16,18H,3-12H2,1-2H3. The van der Waals surface area contributed by atoms with Crippen molar-refractivity contribution in [1.82, 2.24) is 10.2 Å². The highest BCUT2D eigenvalue weighted by molar-refractivity contribution is 4.89. The Balaban J connectivity index is 1.75. The monoisotopic (exact) mass is 254 g/mol. The molecule has 0 aromatic carbocycles. The van der Waals surface area contributed by atoms with Gasteiger partial charge in [0.25, 0.3) is 0 Å². The normalized spacial score (nSPS) is 29.0. The van der Waals surface area contributed by atoms with Gasteiger partial charge in [0.05, 0.1) is 5.60 Å². The molecule has 1 aliphatic carbocycles. The van der Waals surface area contributed by atoms with Crippen molar-refractivity contribution in [3.63, 3.8) is 0 Å². The molecule has 0 aromatic rings. The summed E-state index contributed by atoms with van der Waals surface area (Å²) in [6, 6.07) is 0.583. The summed E-state index contributed by atoms with van der Waals surface area (Å²) in [5.74, 6) is 0.770. The molecule has 0 spiro atoms. The Kier molecular flexibility index (Phi) is 5.05. The molecule has 1 aliphatic heterocycles. The molecule has 0 amide bonds. The van der Waals surface area contributed by atoms with Gasteiger partial charge in [0.2, 0.25) is 0 Å². The van der Waals surface area contributed by atoms with Gasteiger partial charge < -0.3 is 15.3 Å². The molecule has 1 saturated carbocycles. The van der Waals surface area contributed by atoms with Crippen molar-refractivity contribution in [2.24, 2.45) is 5.92 Å². The summed E-state index contributed by atoms with van der Waals surface area (Å²) in [6.45, 7) is 8.81. The molecule has 2 rings (SSSR count).